The highest BCUT2D eigenvalue weighted by molar-refractivity contribution is 5.87. The van der Waals surface area contributed by atoms with Crippen LogP contribution in [0.4, 0.5) is 0 Å². The van der Waals surface area contributed by atoms with E-state index in [9.17, 15) is 9.59 Å². The van der Waals surface area contributed by atoms with Gasteiger partial charge >= 0.3 is 5.69 Å². The molecular formula is C26H32N4O3. The SMILES string of the molecule is CCn1c(C2CCN(C(=O)C(c3ccccc3)c3ccccc3)CC2)nn(CCOC)c1=O. The molecule has 1 aliphatic heterocycles. The van der Waals surface area contributed by atoms with Crippen molar-refractivity contribution in [2.24, 2.45) is 0 Å². The molecule has 33 heavy (non-hydrogen) atoms. The van der Waals surface area contributed by atoms with Crippen molar-refractivity contribution >= 4 is 5.91 Å². The minimum atomic E-state index is -0.314. The van der Waals surface area contributed by atoms with Crippen molar-refractivity contribution in [3.8, 4) is 0 Å². The van der Waals surface area contributed by atoms with E-state index >= 15 is 0 Å². The Morgan fingerprint density at radius 3 is 2.12 bits per heavy atom. The highest BCUT2D eigenvalue weighted by Gasteiger charge is 2.32. The number of methoxy groups -OCH3 is 1. The first-order valence-corrected chi connectivity index (χ1v) is 11.7. The summed E-state index contributed by atoms with van der Waals surface area (Å²) in [7, 11) is 1.62. The first kappa shape index (κ1) is 23.0. The first-order chi connectivity index (χ1) is 16.1. The number of benzene rings is 2. The molecule has 1 amide bonds. The average Bonchev–Trinajstić information content (AvgIpc) is 3.19. The van der Waals surface area contributed by atoms with Crippen LogP contribution in [-0.2, 0) is 22.6 Å². The van der Waals surface area contributed by atoms with E-state index in [-0.39, 0.29) is 23.4 Å². The maximum atomic E-state index is 13.7. The molecule has 2 heterocycles. The fourth-order valence-corrected chi connectivity index (χ4v) is 4.69. The van der Waals surface area contributed by atoms with Crippen molar-refractivity contribution in [3.05, 3.63) is 88.1 Å². The van der Waals surface area contributed by atoms with Gasteiger partial charge in [0, 0.05) is 32.7 Å². The number of carbonyl (C=O) groups excluding carboxylic acids is 1. The smallest absolute Gasteiger partial charge is 0.345 e. The quantitative estimate of drug-likeness (QED) is 0.531. The van der Waals surface area contributed by atoms with Crippen LogP contribution in [0.2, 0.25) is 0 Å². The summed E-state index contributed by atoms with van der Waals surface area (Å²) in [5.74, 6) is 0.807. The number of ether oxygens (including phenoxy) is 1. The highest BCUT2D eigenvalue weighted by atomic mass is 16.5. The number of piperidine rings is 1. The molecule has 1 saturated heterocycles. The van der Waals surface area contributed by atoms with Crippen molar-refractivity contribution in [3.63, 3.8) is 0 Å². The van der Waals surface area contributed by atoms with E-state index in [1.54, 1.807) is 11.7 Å². The summed E-state index contributed by atoms with van der Waals surface area (Å²) in [4.78, 5) is 28.3. The maximum absolute atomic E-state index is 13.7. The number of nitrogens with zero attached hydrogens (tertiary/aromatic N) is 4. The minimum Gasteiger partial charge on any atom is -0.383 e. The van der Waals surface area contributed by atoms with Gasteiger partial charge in [-0.05, 0) is 30.9 Å². The molecule has 0 radical (unpaired) electrons. The molecule has 1 aliphatic rings. The molecule has 7 nitrogen and oxygen atoms in total. The zero-order valence-corrected chi connectivity index (χ0v) is 19.4. The Morgan fingerprint density at radius 1 is 1.03 bits per heavy atom. The Balaban J connectivity index is 1.51. The van der Waals surface area contributed by atoms with Crippen molar-refractivity contribution in [2.75, 3.05) is 26.8 Å². The van der Waals surface area contributed by atoms with Crippen LogP contribution in [0, 0.1) is 0 Å². The Bertz CT molecular complexity index is 1060. The first-order valence-electron chi connectivity index (χ1n) is 11.7. The van der Waals surface area contributed by atoms with Gasteiger partial charge in [0.25, 0.3) is 0 Å². The Labute approximate surface area is 194 Å². The van der Waals surface area contributed by atoms with Gasteiger partial charge in [-0.1, -0.05) is 60.7 Å². The predicted octanol–water partition coefficient (Wildman–Crippen LogP) is 3.25. The average molecular weight is 449 g/mol. The fraction of sp³-hybridized carbons (Fsp3) is 0.423. The van der Waals surface area contributed by atoms with Crippen LogP contribution in [0.25, 0.3) is 0 Å². The van der Waals surface area contributed by atoms with Gasteiger partial charge in [0.15, 0.2) is 0 Å². The molecule has 4 rings (SSSR count). The lowest BCUT2D eigenvalue weighted by Crippen LogP contribution is -2.41. The van der Waals surface area contributed by atoms with Crippen LogP contribution in [0.1, 0.15) is 48.6 Å². The molecule has 3 aromatic rings. The van der Waals surface area contributed by atoms with Crippen molar-refractivity contribution in [2.45, 2.75) is 44.7 Å². The molecule has 7 heteroatoms. The zero-order chi connectivity index (χ0) is 23.2. The Hall–Kier alpha value is -3.19. The van der Waals surface area contributed by atoms with Gasteiger partial charge < -0.3 is 9.64 Å². The third kappa shape index (κ3) is 4.93. The lowest BCUT2D eigenvalue weighted by atomic mass is 9.88. The molecule has 174 valence electrons. The molecule has 0 bridgehead atoms. The summed E-state index contributed by atoms with van der Waals surface area (Å²) in [5, 5.41) is 4.63. The Morgan fingerprint density at radius 2 is 1.61 bits per heavy atom. The summed E-state index contributed by atoms with van der Waals surface area (Å²) in [6.07, 6.45) is 1.59. The zero-order valence-electron chi connectivity index (χ0n) is 19.4. The van der Waals surface area contributed by atoms with Crippen molar-refractivity contribution in [1.82, 2.24) is 19.2 Å². The molecule has 2 aromatic carbocycles. The summed E-state index contributed by atoms with van der Waals surface area (Å²) in [6, 6.07) is 20.0. The number of hydrogen-bond acceptors (Lipinski definition) is 4. The fourth-order valence-electron chi connectivity index (χ4n) is 4.69. The second-order valence-corrected chi connectivity index (χ2v) is 8.45. The van der Waals surface area contributed by atoms with E-state index in [4.69, 9.17) is 4.74 Å². The number of rotatable bonds is 8. The summed E-state index contributed by atoms with van der Waals surface area (Å²) < 4.78 is 8.37. The predicted molar refractivity (Wildman–Crippen MR) is 127 cm³/mol. The van der Waals surface area contributed by atoms with E-state index < -0.39 is 0 Å². The van der Waals surface area contributed by atoms with Crippen LogP contribution < -0.4 is 5.69 Å². The van der Waals surface area contributed by atoms with Crippen LogP contribution in [-0.4, -0.2) is 52.0 Å². The molecule has 1 fully saturated rings. The van der Waals surface area contributed by atoms with E-state index in [1.165, 1.54) is 4.68 Å². The van der Waals surface area contributed by atoms with Gasteiger partial charge in [-0.15, -0.1) is 0 Å². The van der Waals surface area contributed by atoms with Crippen LogP contribution in [0.3, 0.4) is 0 Å². The van der Waals surface area contributed by atoms with Crippen LogP contribution >= 0.6 is 0 Å². The van der Waals surface area contributed by atoms with Gasteiger partial charge in [-0.3, -0.25) is 9.36 Å². The molecule has 0 aliphatic carbocycles. The number of likely N-dealkylation sites (tertiary alicyclic amines) is 1. The van der Waals surface area contributed by atoms with Gasteiger partial charge in [0.1, 0.15) is 5.82 Å². The molecule has 0 N–H and O–H groups in total. The summed E-state index contributed by atoms with van der Waals surface area (Å²) in [6.45, 7) is 4.77. The summed E-state index contributed by atoms with van der Waals surface area (Å²) >= 11 is 0. The Kier molecular flexibility index (Phi) is 7.40. The van der Waals surface area contributed by atoms with Gasteiger partial charge in [-0.2, -0.15) is 5.10 Å². The highest BCUT2D eigenvalue weighted by Crippen LogP contribution is 2.31. The van der Waals surface area contributed by atoms with E-state index in [0.29, 0.717) is 32.8 Å². The molecule has 1 aromatic heterocycles. The van der Waals surface area contributed by atoms with E-state index in [1.807, 2.05) is 72.5 Å². The largest absolute Gasteiger partial charge is 0.383 e. The van der Waals surface area contributed by atoms with Gasteiger partial charge in [0.05, 0.1) is 19.1 Å². The van der Waals surface area contributed by atoms with Crippen molar-refractivity contribution < 1.29 is 9.53 Å². The standard InChI is InChI=1S/C26H32N4O3/c1-3-29-24(27-30(26(29)32)18-19-33-2)22-14-16-28(17-15-22)25(31)23(20-10-6-4-7-11-20)21-12-8-5-9-13-21/h4-13,22-23H,3,14-19H2,1-2H3. The summed E-state index contributed by atoms with van der Waals surface area (Å²) in [5.41, 5.74) is 1.93. The number of aromatic nitrogens is 3. The number of hydrogen-bond donors (Lipinski definition) is 0. The maximum Gasteiger partial charge on any atom is 0.345 e. The second kappa shape index (κ2) is 10.6. The minimum absolute atomic E-state index is 0.0868. The van der Waals surface area contributed by atoms with Gasteiger partial charge in [-0.25, -0.2) is 9.48 Å². The van der Waals surface area contributed by atoms with E-state index in [2.05, 4.69) is 5.10 Å². The monoisotopic (exact) mass is 448 g/mol. The van der Waals surface area contributed by atoms with Crippen LogP contribution in [0.5, 0.6) is 0 Å². The van der Waals surface area contributed by atoms with Crippen LogP contribution in [0.15, 0.2) is 65.5 Å². The van der Waals surface area contributed by atoms with Gasteiger partial charge in [0.2, 0.25) is 5.91 Å². The molecule has 0 saturated carbocycles. The second-order valence-electron chi connectivity index (χ2n) is 8.45. The number of amides is 1. The van der Waals surface area contributed by atoms with E-state index in [0.717, 1.165) is 29.8 Å². The molecule has 0 atom stereocenters. The molecular weight excluding hydrogens is 416 g/mol. The third-order valence-electron chi connectivity index (χ3n) is 6.46. The molecule has 0 unspecified atom stereocenters. The normalized spacial score (nSPS) is 14.7. The third-order valence-corrected chi connectivity index (χ3v) is 6.46. The topological polar surface area (TPSA) is 69.4 Å². The lowest BCUT2D eigenvalue weighted by Gasteiger charge is -2.34. The lowest BCUT2D eigenvalue weighted by molar-refractivity contribution is -0.133. The number of carbonyl (C=O) groups is 1. The molecule has 0 spiro atoms. The van der Waals surface area contributed by atoms with Crippen molar-refractivity contribution in [1.29, 1.82) is 0 Å².